The van der Waals surface area contributed by atoms with Gasteiger partial charge in [-0.3, -0.25) is 9.78 Å². The van der Waals surface area contributed by atoms with E-state index in [1.807, 2.05) is 32.0 Å². The fraction of sp³-hybridized carbons (Fsp3) is 0.0769. The molecule has 0 saturated heterocycles. The van der Waals surface area contributed by atoms with Crippen LogP contribution in [0.3, 0.4) is 0 Å². The number of benzene rings is 2. The standard InChI is InChI=1S/C26H20N4O5/c1-13-23(14(2)35-30-13)15-3-4-20-22(10-15)28-11-21(25(27)31)24(20)29-19-8-17(16-5-6-34-12-16)7-18(9-19)26(32)33/h3-12H,1-2H3,(H2,27,31)(H,28,29)(H,32,33). The summed E-state index contributed by atoms with van der Waals surface area (Å²) in [5, 5.41) is 17.5. The van der Waals surface area contributed by atoms with Crippen LogP contribution < -0.4 is 11.1 Å². The third-order valence-corrected chi connectivity index (χ3v) is 5.76. The van der Waals surface area contributed by atoms with Gasteiger partial charge in [-0.15, -0.1) is 0 Å². The van der Waals surface area contributed by atoms with Gasteiger partial charge in [0.15, 0.2) is 0 Å². The summed E-state index contributed by atoms with van der Waals surface area (Å²) in [7, 11) is 0. The zero-order valence-electron chi connectivity index (χ0n) is 18.8. The molecule has 9 heteroatoms. The maximum absolute atomic E-state index is 12.2. The minimum atomic E-state index is -1.09. The topological polar surface area (TPSA) is 144 Å². The summed E-state index contributed by atoms with van der Waals surface area (Å²) in [6.45, 7) is 3.70. The maximum atomic E-state index is 12.2. The van der Waals surface area contributed by atoms with Crippen molar-refractivity contribution in [2.45, 2.75) is 13.8 Å². The first-order chi connectivity index (χ1) is 16.8. The molecule has 174 valence electrons. The van der Waals surface area contributed by atoms with Gasteiger partial charge < -0.3 is 25.1 Å². The number of carboxylic acids is 1. The number of carbonyl (C=O) groups is 2. The predicted octanol–water partition coefficient (Wildman–Crippen LogP) is 5.31. The van der Waals surface area contributed by atoms with Crippen LogP contribution in [0.1, 0.15) is 32.2 Å². The van der Waals surface area contributed by atoms with Crippen molar-refractivity contribution in [1.29, 1.82) is 0 Å². The molecule has 0 atom stereocenters. The summed E-state index contributed by atoms with van der Waals surface area (Å²) in [6, 6.07) is 12.1. The van der Waals surface area contributed by atoms with Crippen LogP contribution in [-0.4, -0.2) is 27.1 Å². The summed E-state index contributed by atoms with van der Waals surface area (Å²) >= 11 is 0. The van der Waals surface area contributed by atoms with E-state index in [1.54, 1.807) is 18.2 Å². The third-order valence-electron chi connectivity index (χ3n) is 5.76. The van der Waals surface area contributed by atoms with Crippen LogP contribution >= 0.6 is 0 Å². The van der Waals surface area contributed by atoms with E-state index in [0.717, 1.165) is 22.4 Å². The highest BCUT2D eigenvalue weighted by atomic mass is 16.5. The van der Waals surface area contributed by atoms with Crippen LogP contribution in [0, 0.1) is 13.8 Å². The molecule has 0 unspecified atom stereocenters. The number of pyridine rings is 1. The number of carbonyl (C=O) groups excluding carboxylic acids is 1. The summed E-state index contributed by atoms with van der Waals surface area (Å²) in [5.41, 5.74) is 11.3. The van der Waals surface area contributed by atoms with E-state index in [0.29, 0.717) is 33.6 Å². The van der Waals surface area contributed by atoms with Crippen LogP contribution in [0.2, 0.25) is 0 Å². The Morgan fingerprint density at radius 3 is 2.51 bits per heavy atom. The molecule has 0 aliphatic rings. The molecule has 35 heavy (non-hydrogen) atoms. The quantitative estimate of drug-likeness (QED) is 0.304. The Labute approximate surface area is 199 Å². The van der Waals surface area contributed by atoms with Gasteiger partial charge in [-0.2, -0.15) is 0 Å². The minimum absolute atomic E-state index is 0.0749. The Morgan fingerprint density at radius 1 is 1.03 bits per heavy atom. The number of hydrogen-bond acceptors (Lipinski definition) is 7. The second-order valence-corrected chi connectivity index (χ2v) is 8.08. The molecule has 0 saturated carbocycles. The molecule has 0 aliphatic carbocycles. The zero-order chi connectivity index (χ0) is 24.7. The molecule has 0 spiro atoms. The van der Waals surface area contributed by atoms with Crippen molar-refractivity contribution in [3.05, 3.63) is 83.8 Å². The fourth-order valence-electron chi connectivity index (χ4n) is 4.13. The highest BCUT2D eigenvalue weighted by Gasteiger charge is 2.18. The normalized spacial score (nSPS) is 11.0. The number of nitrogens with two attached hydrogens (primary N) is 1. The van der Waals surface area contributed by atoms with E-state index >= 15 is 0 Å². The van der Waals surface area contributed by atoms with Gasteiger partial charge >= 0.3 is 5.97 Å². The monoisotopic (exact) mass is 468 g/mol. The Kier molecular flexibility index (Phi) is 5.29. The fourth-order valence-corrected chi connectivity index (χ4v) is 4.13. The average molecular weight is 468 g/mol. The Hall–Kier alpha value is -4.92. The molecule has 1 amide bonds. The van der Waals surface area contributed by atoms with Gasteiger partial charge in [-0.05, 0) is 55.3 Å². The zero-order valence-corrected chi connectivity index (χ0v) is 18.8. The maximum Gasteiger partial charge on any atom is 0.335 e. The van der Waals surface area contributed by atoms with Gasteiger partial charge in [-0.1, -0.05) is 17.3 Å². The summed E-state index contributed by atoms with van der Waals surface area (Å²) < 4.78 is 10.4. The van der Waals surface area contributed by atoms with Crippen molar-refractivity contribution in [3.63, 3.8) is 0 Å². The molecule has 2 aromatic carbocycles. The first kappa shape index (κ1) is 21.9. The smallest absolute Gasteiger partial charge is 0.335 e. The molecule has 0 aliphatic heterocycles. The van der Waals surface area contributed by atoms with Crippen LogP contribution in [0.5, 0.6) is 0 Å². The van der Waals surface area contributed by atoms with Gasteiger partial charge in [0.1, 0.15) is 5.76 Å². The van der Waals surface area contributed by atoms with E-state index in [2.05, 4.69) is 15.5 Å². The molecule has 4 N–H and O–H groups in total. The van der Waals surface area contributed by atoms with Crippen LogP contribution in [-0.2, 0) is 0 Å². The van der Waals surface area contributed by atoms with Crippen molar-refractivity contribution in [2.24, 2.45) is 5.73 Å². The number of primary amides is 1. The average Bonchev–Trinajstić information content (AvgIpc) is 3.48. The van der Waals surface area contributed by atoms with Crippen molar-refractivity contribution >= 4 is 34.2 Å². The van der Waals surface area contributed by atoms with Crippen molar-refractivity contribution in [3.8, 4) is 22.3 Å². The molecule has 0 fully saturated rings. The number of amides is 1. The first-order valence-corrected chi connectivity index (χ1v) is 10.7. The molecule has 3 aromatic heterocycles. The minimum Gasteiger partial charge on any atom is -0.478 e. The molecular formula is C26H20N4O5. The largest absolute Gasteiger partial charge is 0.478 e. The highest BCUT2D eigenvalue weighted by Crippen LogP contribution is 2.35. The van der Waals surface area contributed by atoms with E-state index in [4.69, 9.17) is 14.7 Å². The summed E-state index contributed by atoms with van der Waals surface area (Å²) in [6.07, 6.45) is 4.44. The molecule has 5 rings (SSSR count). The molecular weight excluding hydrogens is 448 g/mol. The van der Waals surface area contributed by atoms with Crippen molar-refractivity contribution < 1.29 is 23.6 Å². The van der Waals surface area contributed by atoms with E-state index in [-0.39, 0.29) is 11.1 Å². The van der Waals surface area contributed by atoms with Gasteiger partial charge in [0.25, 0.3) is 5.91 Å². The first-order valence-electron chi connectivity index (χ1n) is 10.7. The van der Waals surface area contributed by atoms with E-state index in [9.17, 15) is 14.7 Å². The van der Waals surface area contributed by atoms with Crippen LogP contribution in [0.4, 0.5) is 11.4 Å². The molecule has 3 heterocycles. The second-order valence-electron chi connectivity index (χ2n) is 8.08. The van der Waals surface area contributed by atoms with Crippen molar-refractivity contribution in [1.82, 2.24) is 10.1 Å². The Morgan fingerprint density at radius 2 is 1.86 bits per heavy atom. The second kappa shape index (κ2) is 8.45. The number of nitrogens with zero attached hydrogens (tertiary/aromatic N) is 2. The Bertz CT molecular complexity index is 1580. The molecule has 0 radical (unpaired) electrons. The lowest BCUT2D eigenvalue weighted by Gasteiger charge is -2.15. The number of aromatic nitrogens is 2. The number of aryl methyl sites for hydroxylation is 2. The predicted molar refractivity (Wildman–Crippen MR) is 130 cm³/mol. The Balaban J connectivity index is 1.66. The number of rotatable bonds is 6. The molecule has 0 bridgehead atoms. The number of anilines is 2. The van der Waals surface area contributed by atoms with Gasteiger partial charge in [0, 0.05) is 28.4 Å². The number of nitrogens with one attached hydrogen (secondary N) is 1. The number of carboxylic acid groups (broad SMARTS) is 1. The van der Waals surface area contributed by atoms with Gasteiger partial charge in [0.2, 0.25) is 0 Å². The lowest BCUT2D eigenvalue weighted by molar-refractivity contribution is 0.0696. The van der Waals surface area contributed by atoms with E-state index in [1.165, 1.54) is 24.8 Å². The molecule has 5 aromatic rings. The van der Waals surface area contributed by atoms with Crippen LogP contribution in [0.25, 0.3) is 33.2 Å². The number of hydrogen-bond donors (Lipinski definition) is 3. The van der Waals surface area contributed by atoms with Crippen molar-refractivity contribution in [2.75, 3.05) is 5.32 Å². The lowest BCUT2D eigenvalue weighted by Crippen LogP contribution is -2.14. The number of furan rings is 1. The number of aromatic carboxylic acids is 1. The van der Waals surface area contributed by atoms with Gasteiger partial charge in [0.05, 0.1) is 40.6 Å². The van der Waals surface area contributed by atoms with Crippen LogP contribution in [0.15, 0.2) is 70.1 Å². The number of fused-ring (bicyclic) bond motifs is 1. The summed E-state index contributed by atoms with van der Waals surface area (Å²) in [4.78, 5) is 28.5. The third kappa shape index (κ3) is 3.99. The van der Waals surface area contributed by atoms with Gasteiger partial charge in [-0.25, -0.2) is 4.79 Å². The lowest BCUT2D eigenvalue weighted by atomic mass is 10.00. The highest BCUT2D eigenvalue weighted by molar-refractivity contribution is 6.08. The SMILES string of the molecule is Cc1noc(C)c1-c1ccc2c(Nc3cc(C(=O)O)cc(-c4ccoc4)c3)c(C(N)=O)cnc2c1. The summed E-state index contributed by atoms with van der Waals surface area (Å²) in [5.74, 6) is -1.07. The molecule has 9 nitrogen and oxygen atoms in total. The van der Waals surface area contributed by atoms with E-state index < -0.39 is 11.9 Å².